The van der Waals surface area contributed by atoms with Crippen molar-refractivity contribution >= 4 is 10.0 Å². The van der Waals surface area contributed by atoms with Crippen molar-refractivity contribution in [1.82, 2.24) is 9.88 Å². The minimum Gasteiger partial charge on any atom is -0.361 e. The van der Waals surface area contributed by atoms with Gasteiger partial charge in [-0.25, -0.2) is 13.1 Å². The van der Waals surface area contributed by atoms with Gasteiger partial charge in [-0.2, -0.15) is 0 Å². The van der Waals surface area contributed by atoms with Crippen molar-refractivity contribution in [2.45, 2.75) is 26.8 Å². The molecule has 0 unspecified atom stereocenters. The Labute approximate surface area is 83.5 Å². The Morgan fingerprint density at radius 3 is 2.79 bits per heavy atom. The predicted molar refractivity (Wildman–Crippen MR) is 52.2 cm³/mol. The summed E-state index contributed by atoms with van der Waals surface area (Å²) in [6.45, 7) is 3.77. The molecule has 1 heterocycles. The van der Waals surface area contributed by atoms with Gasteiger partial charge in [0.05, 0.1) is 18.0 Å². The predicted octanol–water partition coefficient (Wildman–Crippen LogP) is 0.812. The molecule has 1 aromatic heterocycles. The minimum atomic E-state index is -3.15. The lowest BCUT2D eigenvalue weighted by atomic mass is 10.4. The van der Waals surface area contributed by atoms with E-state index in [0.29, 0.717) is 17.9 Å². The lowest BCUT2D eigenvalue weighted by Crippen LogP contribution is -2.25. The van der Waals surface area contributed by atoms with E-state index in [9.17, 15) is 8.42 Å². The summed E-state index contributed by atoms with van der Waals surface area (Å²) in [7, 11) is -3.15. The van der Waals surface area contributed by atoms with E-state index in [1.54, 1.807) is 13.0 Å². The molecule has 6 heteroatoms. The Morgan fingerprint density at radius 2 is 2.29 bits per heavy atom. The SMILES string of the molecule is CCCS(=O)(=O)NCc1cc(C)on1. The number of rotatable bonds is 5. The van der Waals surface area contributed by atoms with E-state index >= 15 is 0 Å². The third-order valence-corrected chi connectivity index (χ3v) is 3.15. The molecule has 0 bridgehead atoms. The van der Waals surface area contributed by atoms with Gasteiger partial charge >= 0.3 is 0 Å². The van der Waals surface area contributed by atoms with Crippen LogP contribution in [0.15, 0.2) is 10.6 Å². The number of nitrogens with one attached hydrogen (secondary N) is 1. The average Bonchev–Trinajstić information content (AvgIpc) is 2.48. The van der Waals surface area contributed by atoms with Crippen molar-refractivity contribution in [3.05, 3.63) is 17.5 Å². The summed E-state index contributed by atoms with van der Waals surface area (Å²) in [4.78, 5) is 0. The first-order chi connectivity index (χ1) is 6.53. The molecule has 0 fully saturated rings. The van der Waals surface area contributed by atoms with Crippen molar-refractivity contribution in [2.24, 2.45) is 0 Å². The van der Waals surface area contributed by atoms with Crippen LogP contribution >= 0.6 is 0 Å². The zero-order valence-corrected chi connectivity index (χ0v) is 9.10. The summed E-state index contributed by atoms with van der Waals surface area (Å²) in [5, 5.41) is 3.68. The minimum absolute atomic E-state index is 0.143. The maximum Gasteiger partial charge on any atom is 0.211 e. The maximum absolute atomic E-state index is 11.2. The van der Waals surface area contributed by atoms with Crippen LogP contribution in [0.1, 0.15) is 24.8 Å². The Balaban J connectivity index is 2.48. The van der Waals surface area contributed by atoms with E-state index in [2.05, 4.69) is 9.88 Å². The first kappa shape index (κ1) is 11.2. The van der Waals surface area contributed by atoms with Crippen LogP contribution in [0.25, 0.3) is 0 Å². The second-order valence-corrected chi connectivity index (χ2v) is 5.00. The molecule has 1 N–H and O–H groups in total. The van der Waals surface area contributed by atoms with E-state index in [1.165, 1.54) is 0 Å². The summed E-state index contributed by atoms with van der Waals surface area (Å²) in [6, 6.07) is 1.70. The molecule has 5 nitrogen and oxygen atoms in total. The quantitative estimate of drug-likeness (QED) is 0.794. The maximum atomic E-state index is 11.2. The van der Waals surface area contributed by atoms with Crippen LogP contribution in [0, 0.1) is 6.92 Å². The van der Waals surface area contributed by atoms with Crippen LogP contribution in [-0.4, -0.2) is 19.3 Å². The Kier molecular flexibility index (Phi) is 3.65. The van der Waals surface area contributed by atoms with Crippen molar-refractivity contribution in [3.63, 3.8) is 0 Å². The highest BCUT2D eigenvalue weighted by atomic mass is 32.2. The van der Waals surface area contributed by atoms with Gasteiger partial charge in [-0.05, 0) is 13.3 Å². The van der Waals surface area contributed by atoms with Gasteiger partial charge in [0.15, 0.2) is 0 Å². The second-order valence-electron chi connectivity index (χ2n) is 3.07. The molecule has 1 aromatic rings. The molecule has 0 saturated carbocycles. The third-order valence-electron chi connectivity index (χ3n) is 1.62. The summed E-state index contributed by atoms with van der Waals surface area (Å²) in [6.07, 6.45) is 0.604. The standard InChI is InChI=1S/C8H14N2O3S/c1-3-4-14(11,12)9-6-8-5-7(2)13-10-8/h5,9H,3-4,6H2,1-2H3. The van der Waals surface area contributed by atoms with E-state index in [-0.39, 0.29) is 12.3 Å². The Bertz CT molecular complexity index is 383. The monoisotopic (exact) mass is 218 g/mol. The fraction of sp³-hybridized carbons (Fsp3) is 0.625. The highest BCUT2D eigenvalue weighted by molar-refractivity contribution is 7.89. The van der Waals surface area contributed by atoms with Crippen LogP contribution in [0.3, 0.4) is 0 Å². The third kappa shape index (κ3) is 3.47. The number of aryl methyl sites for hydroxylation is 1. The van der Waals surface area contributed by atoms with Gasteiger partial charge in [-0.15, -0.1) is 0 Å². The molecule has 14 heavy (non-hydrogen) atoms. The zero-order valence-electron chi connectivity index (χ0n) is 8.28. The molecule has 0 spiro atoms. The topological polar surface area (TPSA) is 72.2 Å². The Morgan fingerprint density at radius 1 is 1.57 bits per heavy atom. The van der Waals surface area contributed by atoms with Gasteiger partial charge < -0.3 is 4.52 Å². The second kappa shape index (κ2) is 4.56. The highest BCUT2D eigenvalue weighted by Gasteiger charge is 2.09. The molecule has 80 valence electrons. The molecule has 0 atom stereocenters. The van der Waals surface area contributed by atoms with Crippen molar-refractivity contribution in [1.29, 1.82) is 0 Å². The van der Waals surface area contributed by atoms with E-state index < -0.39 is 10.0 Å². The smallest absolute Gasteiger partial charge is 0.211 e. The van der Waals surface area contributed by atoms with Crippen molar-refractivity contribution in [3.8, 4) is 0 Å². The lowest BCUT2D eigenvalue weighted by molar-refractivity contribution is 0.390. The fourth-order valence-corrected chi connectivity index (χ4v) is 2.08. The summed E-state index contributed by atoms with van der Waals surface area (Å²) < 4.78 is 29.7. The molecule has 0 aliphatic carbocycles. The van der Waals surface area contributed by atoms with Gasteiger partial charge in [-0.3, -0.25) is 0 Å². The summed E-state index contributed by atoms with van der Waals surface area (Å²) in [5.74, 6) is 0.818. The van der Waals surface area contributed by atoms with Crippen LogP contribution in [0.2, 0.25) is 0 Å². The molecular weight excluding hydrogens is 204 g/mol. The first-order valence-electron chi connectivity index (χ1n) is 4.43. The first-order valence-corrected chi connectivity index (χ1v) is 6.08. The normalized spacial score (nSPS) is 11.9. The number of nitrogens with zero attached hydrogens (tertiary/aromatic N) is 1. The summed E-state index contributed by atoms with van der Waals surface area (Å²) in [5.41, 5.74) is 0.599. The molecular formula is C8H14N2O3S. The Hall–Kier alpha value is -0.880. The zero-order chi connectivity index (χ0) is 10.6. The molecule has 0 amide bonds. The van der Waals surface area contributed by atoms with E-state index in [4.69, 9.17) is 4.52 Å². The van der Waals surface area contributed by atoms with Crippen LogP contribution in [0.4, 0.5) is 0 Å². The van der Waals surface area contributed by atoms with Crippen LogP contribution < -0.4 is 4.72 Å². The highest BCUT2D eigenvalue weighted by Crippen LogP contribution is 2.01. The number of hydrogen-bond acceptors (Lipinski definition) is 4. The number of sulfonamides is 1. The van der Waals surface area contributed by atoms with Gasteiger partial charge in [0.25, 0.3) is 0 Å². The molecule has 0 radical (unpaired) electrons. The van der Waals surface area contributed by atoms with E-state index in [1.807, 2.05) is 6.92 Å². The van der Waals surface area contributed by atoms with Gasteiger partial charge in [-0.1, -0.05) is 12.1 Å². The van der Waals surface area contributed by atoms with Gasteiger partial charge in [0.1, 0.15) is 5.76 Å². The molecule has 0 aromatic carbocycles. The molecule has 0 aliphatic rings. The molecule has 1 rings (SSSR count). The van der Waals surface area contributed by atoms with Crippen molar-refractivity contribution < 1.29 is 12.9 Å². The van der Waals surface area contributed by atoms with Crippen LogP contribution in [-0.2, 0) is 16.6 Å². The molecule has 0 saturated heterocycles. The largest absolute Gasteiger partial charge is 0.361 e. The van der Waals surface area contributed by atoms with E-state index in [0.717, 1.165) is 0 Å². The van der Waals surface area contributed by atoms with Gasteiger partial charge in [0.2, 0.25) is 10.0 Å². The van der Waals surface area contributed by atoms with Gasteiger partial charge in [0, 0.05) is 6.07 Å². The lowest BCUT2D eigenvalue weighted by Gasteiger charge is -2.01. The van der Waals surface area contributed by atoms with Crippen molar-refractivity contribution in [2.75, 3.05) is 5.75 Å². The molecule has 0 aliphatic heterocycles. The number of hydrogen-bond donors (Lipinski definition) is 1. The summed E-state index contributed by atoms with van der Waals surface area (Å²) >= 11 is 0. The average molecular weight is 218 g/mol. The fourth-order valence-electron chi connectivity index (χ4n) is 1.03. The van der Waals surface area contributed by atoms with Crippen LogP contribution in [0.5, 0.6) is 0 Å². The number of aromatic nitrogens is 1.